The van der Waals surface area contributed by atoms with E-state index in [9.17, 15) is 0 Å². The minimum absolute atomic E-state index is 0.418. The van der Waals surface area contributed by atoms with Crippen LogP contribution < -0.4 is 9.47 Å². The van der Waals surface area contributed by atoms with Crippen LogP contribution >= 0.6 is 31.9 Å². The molecule has 386 valence electrons. The van der Waals surface area contributed by atoms with Gasteiger partial charge < -0.3 is 47.4 Å². The van der Waals surface area contributed by atoms with Gasteiger partial charge in [0.15, 0.2) is 0 Å². The number of hydrogen-bond acceptors (Lipinski definition) is 10. The van der Waals surface area contributed by atoms with Crippen LogP contribution in [-0.2, 0) is 48.7 Å². The molecule has 0 fully saturated rings. The summed E-state index contributed by atoms with van der Waals surface area (Å²) in [5.74, 6) is 1.56. The molecular weight excluding hydrogens is 1060 g/mol. The molecule has 2 aliphatic carbocycles. The van der Waals surface area contributed by atoms with E-state index < -0.39 is 10.8 Å². The fraction of sp³-hybridized carbons (Fsp3) is 0.323. The summed E-state index contributed by atoms with van der Waals surface area (Å²) in [5, 5.41) is 0. The van der Waals surface area contributed by atoms with Crippen LogP contribution in [0.4, 0.5) is 0 Å². The van der Waals surface area contributed by atoms with E-state index in [-0.39, 0.29) is 0 Å². The fourth-order valence-corrected chi connectivity index (χ4v) is 11.2. The number of hydrogen-bond donors (Lipinski definition) is 0. The number of benzene rings is 7. The van der Waals surface area contributed by atoms with Crippen molar-refractivity contribution in [3.05, 3.63) is 211 Å². The summed E-state index contributed by atoms with van der Waals surface area (Å²) in [4.78, 5) is 0. The van der Waals surface area contributed by atoms with Crippen molar-refractivity contribution in [3.63, 3.8) is 0 Å². The number of methoxy groups -OCH3 is 2. The van der Waals surface area contributed by atoms with Gasteiger partial charge in [-0.3, -0.25) is 0 Å². The summed E-state index contributed by atoms with van der Waals surface area (Å²) in [6, 6.07) is 57.6. The Kier molecular flexibility index (Phi) is 19.2. The first-order chi connectivity index (χ1) is 36.5. The van der Waals surface area contributed by atoms with Crippen molar-refractivity contribution < 1.29 is 47.4 Å². The normalized spacial score (nSPS) is 16.2. The molecule has 0 saturated carbocycles. The summed E-state index contributed by atoms with van der Waals surface area (Å²) in [6.07, 6.45) is 0. The van der Waals surface area contributed by atoms with Crippen LogP contribution in [-0.4, -0.2) is 120 Å². The average Bonchev–Trinajstić information content (AvgIpc) is 3.94. The van der Waals surface area contributed by atoms with Crippen LogP contribution in [0.25, 0.3) is 22.3 Å². The maximum Gasteiger partial charge on any atom is 0.119 e. The van der Waals surface area contributed by atoms with Gasteiger partial charge >= 0.3 is 0 Å². The maximum absolute atomic E-state index is 6.25. The van der Waals surface area contributed by atoms with Gasteiger partial charge in [0.2, 0.25) is 0 Å². The van der Waals surface area contributed by atoms with Crippen molar-refractivity contribution in [1.82, 2.24) is 0 Å². The predicted molar refractivity (Wildman–Crippen MR) is 296 cm³/mol. The molecule has 0 aromatic heterocycles. The molecule has 0 unspecified atom stereocenters. The van der Waals surface area contributed by atoms with Gasteiger partial charge in [0, 0.05) is 23.2 Å². The Morgan fingerprint density at radius 1 is 0.297 bits per heavy atom. The van der Waals surface area contributed by atoms with Crippen molar-refractivity contribution in [2.75, 3.05) is 120 Å². The first-order valence-electron chi connectivity index (χ1n) is 25.3. The summed E-state index contributed by atoms with van der Waals surface area (Å²) in [5.41, 5.74) is 13.0. The van der Waals surface area contributed by atoms with Gasteiger partial charge in [0.1, 0.15) is 24.7 Å². The molecular formula is C62H64Br2O10. The molecule has 7 aromatic rings. The standard InChI is InChI=1S/C62H64Br2O10/c1-65-25-27-67-29-31-69-33-35-71-37-39-73-51-19-13-47(14-20-51)61(45-9-5-3-6-10-45)57-41-49(63)17-23-53(57)55-44-60-56(43-59(55)61)54-24-18-50(64)42-58(54)62(60,46-11-7-4-8-12-46)48-15-21-52(22-16-48)74-40-38-72-36-34-70-32-30-68-28-26-66-2/h3-24,41-44H,25-40H2,1-2H3/t61-,62+. The molecule has 0 amide bonds. The molecule has 0 N–H and O–H groups in total. The molecule has 74 heavy (non-hydrogen) atoms. The summed E-state index contributed by atoms with van der Waals surface area (Å²) in [7, 11) is 3.32. The third-order valence-electron chi connectivity index (χ3n) is 13.6. The third kappa shape index (κ3) is 11.8. The molecule has 0 bridgehead atoms. The quantitative estimate of drug-likeness (QED) is 0.0405. The second-order valence-electron chi connectivity index (χ2n) is 18.0. The highest BCUT2D eigenvalue weighted by atomic mass is 79.9. The van der Waals surface area contributed by atoms with Crippen LogP contribution in [0.15, 0.2) is 167 Å². The number of halogens is 2. The Bertz CT molecular complexity index is 2670. The van der Waals surface area contributed by atoms with Gasteiger partial charge in [-0.25, -0.2) is 0 Å². The second kappa shape index (κ2) is 26.5. The van der Waals surface area contributed by atoms with Crippen molar-refractivity contribution in [3.8, 4) is 33.8 Å². The summed E-state index contributed by atoms with van der Waals surface area (Å²) < 4.78 is 58.4. The monoisotopic (exact) mass is 1130 g/mol. The molecule has 7 aromatic carbocycles. The highest BCUT2D eigenvalue weighted by molar-refractivity contribution is 9.10. The van der Waals surface area contributed by atoms with Crippen LogP contribution in [0.5, 0.6) is 11.5 Å². The zero-order chi connectivity index (χ0) is 51.0. The number of ether oxygens (including phenoxy) is 10. The van der Waals surface area contributed by atoms with E-state index in [2.05, 4.69) is 190 Å². The third-order valence-corrected chi connectivity index (χ3v) is 14.6. The zero-order valence-electron chi connectivity index (χ0n) is 42.2. The predicted octanol–water partition coefficient (Wildman–Crippen LogP) is 12.1. The lowest BCUT2D eigenvalue weighted by Gasteiger charge is -2.35. The molecule has 2 aliphatic rings. The number of fused-ring (bicyclic) bond motifs is 6. The van der Waals surface area contributed by atoms with E-state index in [0.29, 0.717) is 106 Å². The Morgan fingerprint density at radius 3 is 0.932 bits per heavy atom. The average molecular weight is 1130 g/mol. The lowest BCUT2D eigenvalue weighted by atomic mass is 9.66. The van der Waals surface area contributed by atoms with E-state index in [1.54, 1.807) is 14.2 Å². The van der Waals surface area contributed by atoms with Crippen LogP contribution in [0.1, 0.15) is 44.5 Å². The molecule has 0 aliphatic heterocycles. The fourth-order valence-electron chi connectivity index (χ4n) is 10.4. The Balaban J connectivity index is 1.02. The second-order valence-corrected chi connectivity index (χ2v) is 19.8. The van der Waals surface area contributed by atoms with Crippen LogP contribution in [0, 0.1) is 0 Å². The van der Waals surface area contributed by atoms with Crippen LogP contribution in [0.2, 0.25) is 0 Å². The van der Waals surface area contributed by atoms with E-state index in [4.69, 9.17) is 47.4 Å². The molecule has 0 saturated heterocycles. The van der Waals surface area contributed by atoms with Crippen molar-refractivity contribution in [1.29, 1.82) is 0 Å². The smallest absolute Gasteiger partial charge is 0.119 e. The van der Waals surface area contributed by atoms with E-state index >= 15 is 0 Å². The lowest BCUT2D eigenvalue weighted by molar-refractivity contribution is 0.000163. The number of rotatable bonds is 30. The molecule has 0 spiro atoms. The first-order valence-corrected chi connectivity index (χ1v) is 26.9. The largest absolute Gasteiger partial charge is 0.491 e. The van der Waals surface area contributed by atoms with E-state index in [1.807, 2.05) is 0 Å². The van der Waals surface area contributed by atoms with Gasteiger partial charge in [0.05, 0.1) is 103 Å². The van der Waals surface area contributed by atoms with Crippen LogP contribution in [0.3, 0.4) is 0 Å². The van der Waals surface area contributed by atoms with E-state index in [1.165, 1.54) is 55.6 Å². The highest BCUT2D eigenvalue weighted by Gasteiger charge is 2.51. The molecule has 9 rings (SSSR count). The lowest BCUT2D eigenvalue weighted by Crippen LogP contribution is -2.30. The molecule has 2 atom stereocenters. The SMILES string of the molecule is COCCOCCOCCOCCOc1ccc([C@@]2(c3ccccc3)c3cc(Br)ccc3-c3cc4c(cc32)-c2ccc(Br)cc2[C@@]4(c2ccccc2)c2ccc(OCCOCCOCCOCCOC)cc2)cc1. The van der Waals surface area contributed by atoms with Gasteiger partial charge in [-0.1, -0.05) is 129 Å². The first kappa shape index (κ1) is 53.6. The van der Waals surface area contributed by atoms with Gasteiger partial charge in [-0.05, 0) is 127 Å². The van der Waals surface area contributed by atoms with Crippen molar-refractivity contribution in [2.24, 2.45) is 0 Å². The van der Waals surface area contributed by atoms with Gasteiger partial charge in [-0.15, -0.1) is 0 Å². The molecule has 12 heteroatoms. The molecule has 10 nitrogen and oxygen atoms in total. The Hall–Kier alpha value is -5.22. The topological polar surface area (TPSA) is 92.3 Å². The minimum Gasteiger partial charge on any atom is -0.491 e. The Labute approximate surface area is 452 Å². The highest BCUT2D eigenvalue weighted by Crippen LogP contribution is 2.63. The van der Waals surface area contributed by atoms with Gasteiger partial charge in [-0.2, -0.15) is 0 Å². The minimum atomic E-state index is -0.663. The summed E-state index contributed by atoms with van der Waals surface area (Å²) >= 11 is 7.83. The zero-order valence-corrected chi connectivity index (χ0v) is 45.3. The molecule has 0 heterocycles. The Morgan fingerprint density at radius 2 is 0.595 bits per heavy atom. The van der Waals surface area contributed by atoms with E-state index in [0.717, 1.165) is 31.6 Å². The van der Waals surface area contributed by atoms with Gasteiger partial charge in [0.25, 0.3) is 0 Å². The summed E-state index contributed by atoms with van der Waals surface area (Å²) in [6.45, 7) is 8.05. The van der Waals surface area contributed by atoms with Crippen molar-refractivity contribution in [2.45, 2.75) is 10.8 Å². The molecule has 0 radical (unpaired) electrons. The van der Waals surface area contributed by atoms with Crippen molar-refractivity contribution >= 4 is 31.9 Å². The maximum atomic E-state index is 6.25.